The topological polar surface area (TPSA) is 42.1 Å². The van der Waals surface area contributed by atoms with Crippen LogP contribution < -0.4 is 5.56 Å². The van der Waals surface area contributed by atoms with Crippen LogP contribution in [-0.2, 0) is 4.74 Å². The third-order valence-electron chi connectivity index (χ3n) is 3.16. The minimum absolute atomic E-state index is 0.0307. The molecular weight excluding hydrogens is 258 g/mol. The SMILES string of the molecule is COCCCCCCCCSc1cc[nH]c(=O)c1C. The van der Waals surface area contributed by atoms with E-state index in [1.807, 2.05) is 13.0 Å². The van der Waals surface area contributed by atoms with E-state index in [0.29, 0.717) is 0 Å². The van der Waals surface area contributed by atoms with Gasteiger partial charge in [0.25, 0.3) is 5.56 Å². The second kappa shape index (κ2) is 10.1. The number of aromatic nitrogens is 1. The lowest BCUT2D eigenvalue weighted by molar-refractivity contribution is 0.192. The minimum Gasteiger partial charge on any atom is -0.385 e. The smallest absolute Gasteiger partial charge is 0.251 e. The number of nitrogens with one attached hydrogen (secondary N) is 1. The molecule has 0 saturated carbocycles. The monoisotopic (exact) mass is 283 g/mol. The third kappa shape index (κ3) is 6.83. The fraction of sp³-hybridized carbons (Fsp3) is 0.667. The first-order valence-corrected chi connectivity index (χ1v) is 8.04. The Morgan fingerprint density at radius 1 is 1.16 bits per heavy atom. The van der Waals surface area contributed by atoms with Crippen molar-refractivity contribution in [3.05, 3.63) is 28.2 Å². The second-order valence-electron chi connectivity index (χ2n) is 4.76. The van der Waals surface area contributed by atoms with Crippen LogP contribution in [0.5, 0.6) is 0 Å². The predicted molar refractivity (Wildman–Crippen MR) is 82.1 cm³/mol. The van der Waals surface area contributed by atoms with Crippen molar-refractivity contribution in [2.24, 2.45) is 0 Å². The molecule has 108 valence electrons. The van der Waals surface area contributed by atoms with Crippen LogP contribution in [0.4, 0.5) is 0 Å². The van der Waals surface area contributed by atoms with E-state index in [1.165, 1.54) is 38.5 Å². The number of hydrogen-bond acceptors (Lipinski definition) is 3. The zero-order chi connectivity index (χ0) is 13.9. The number of thioether (sulfide) groups is 1. The largest absolute Gasteiger partial charge is 0.385 e. The maximum Gasteiger partial charge on any atom is 0.251 e. The van der Waals surface area contributed by atoms with Crippen molar-refractivity contribution >= 4 is 11.8 Å². The van der Waals surface area contributed by atoms with Crippen LogP contribution in [0.25, 0.3) is 0 Å². The van der Waals surface area contributed by atoms with Gasteiger partial charge in [0.05, 0.1) is 0 Å². The molecule has 0 atom stereocenters. The van der Waals surface area contributed by atoms with Gasteiger partial charge in [-0.05, 0) is 31.6 Å². The number of aromatic amines is 1. The molecule has 1 heterocycles. The molecule has 1 aromatic rings. The summed E-state index contributed by atoms with van der Waals surface area (Å²) in [5.74, 6) is 1.10. The van der Waals surface area contributed by atoms with Crippen molar-refractivity contribution in [3.8, 4) is 0 Å². The standard InChI is InChI=1S/C15H25NO2S/c1-13-14(9-10-16-15(13)17)19-12-8-6-4-3-5-7-11-18-2/h9-10H,3-8,11-12H2,1-2H3,(H,16,17). The number of ether oxygens (including phenoxy) is 1. The Bertz CT molecular complexity index is 403. The molecule has 1 rings (SSSR count). The molecule has 0 spiro atoms. The van der Waals surface area contributed by atoms with Gasteiger partial charge in [-0.25, -0.2) is 0 Å². The zero-order valence-corrected chi connectivity index (χ0v) is 12.9. The Morgan fingerprint density at radius 2 is 1.84 bits per heavy atom. The first kappa shape index (κ1) is 16.3. The van der Waals surface area contributed by atoms with Crippen LogP contribution >= 0.6 is 11.8 Å². The quantitative estimate of drug-likeness (QED) is 0.525. The van der Waals surface area contributed by atoms with E-state index < -0.39 is 0 Å². The molecule has 0 amide bonds. The molecule has 3 nitrogen and oxygen atoms in total. The number of pyridine rings is 1. The third-order valence-corrected chi connectivity index (χ3v) is 4.41. The van der Waals surface area contributed by atoms with Crippen molar-refractivity contribution in [3.63, 3.8) is 0 Å². The average Bonchev–Trinajstić information content (AvgIpc) is 2.41. The lowest BCUT2D eigenvalue weighted by Crippen LogP contribution is -2.08. The maximum absolute atomic E-state index is 11.4. The van der Waals surface area contributed by atoms with Gasteiger partial charge < -0.3 is 9.72 Å². The number of methoxy groups -OCH3 is 1. The summed E-state index contributed by atoms with van der Waals surface area (Å²) in [6.45, 7) is 2.77. The second-order valence-corrected chi connectivity index (χ2v) is 5.90. The van der Waals surface area contributed by atoms with Gasteiger partial charge >= 0.3 is 0 Å². The Morgan fingerprint density at radius 3 is 2.58 bits per heavy atom. The van der Waals surface area contributed by atoms with Gasteiger partial charge in [0.1, 0.15) is 0 Å². The van der Waals surface area contributed by atoms with Crippen LogP contribution in [0.15, 0.2) is 22.0 Å². The lowest BCUT2D eigenvalue weighted by atomic mass is 10.1. The number of unbranched alkanes of at least 4 members (excludes halogenated alkanes) is 5. The summed E-state index contributed by atoms with van der Waals surface area (Å²) in [6, 6.07) is 1.99. The van der Waals surface area contributed by atoms with Gasteiger partial charge in [-0.15, -0.1) is 11.8 Å². The molecule has 0 aliphatic heterocycles. The van der Waals surface area contributed by atoms with E-state index in [9.17, 15) is 4.79 Å². The van der Waals surface area contributed by atoms with Gasteiger partial charge in [-0.2, -0.15) is 0 Å². The summed E-state index contributed by atoms with van der Waals surface area (Å²) in [5.41, 5.74) is 0.871. The number of hydrogen-bond donors (Lipinski definition) is 1. The molecule has 4 heteroatoms. The molecule has 19 heavy (non-hydrogen) atoms. The highest BCUT2D eigenvalue weighted by Crippen LogP contribution is 2.21. The lowest BCUT2D eigenvalue weighted by Gasteiger charge is -2.04. The Labute approximate surface area is 120 Å². The first-order chi connectivity index (χ1) is 9.25. The fourth-order valence-corrected chi connectivity index (χ4v) is 2.97. The average molecular weight is 283 g/mol. The highest BCUT2D eigenvalue weighted by molar-refractivity contribution is 7.99. The summed E-state index contributed by atoms with van der Waals surface area (Å²) in [7, 11) is 1.76. The Balaban J connectivity index is 2.05. The fourth-order valence-electron chi connectivity index (χ4n) is 1.93. The Hall–Kier alpha value is -0.740. The molecule has 0 radical (unpaired) electrons. The highest BCUT2D eigenvalue weighted by Gasteiger charge is 2.01. The summed E-state index contributed by atoms with van der Waals surface area (Å²) in [6.07, 6.45) is 9.29. The van der Waals surface area contributed by atoms with E-state index in [2.05, 4.69) is 4.98 Å². The van der Waals surface area contributed by atoms with Crippen LogP contribution in [0, 0.1) is 6.92 Å². The molecule has 0 aliphatic carbocycles. The van der Waals surface area contributed by atoms with Gasteiger partial charge in [0.15, 0.2) is 0 Å². The van der Waals surface area contributed by atoms with Gasteiger partial charge in [0, 0.05) is 30.4 Å². The number of H-pyrrole nitrogens is 1. The summed E-state index contributed by atoms with van der Waals surface area (Å²) in [5, 5.41) is 0. The van der Waals surface area contributed by atoms with Crippen LogP contribution in [0.1, 0.15) is 44.1 Å². The minimum atomic E-state index is 0.0307. The molecular formula is C15H25NO2S. The highest BCUT2D eigenvalue weighted by atomic mass is 32.2. The summed E-state index contributed by atoms with van der Waals surface area (Å²) >= 11 is 1.79. The molecule has 0 aliphatic rings. The molecule has 0 saturated heterocycles. The van der Waals surface area contributed by atoms with E-state index >= 15 is 0 Å². The van der Waals surface area contributed by atoms with Crippen LogP contribution in [-0.4, -0.2) is 24.5 Å². The van der Waals surface area contributed by atoms with Crippen LogP contribution in [0.3, 0.4) is 0 Å². The van der Waals surface area contributed by atoms with Gasteiger partial charge in [0.2, 0.25) is 0 Å². The van der Waals surface area contributed by atoms with Crippen LogP contribution in [0.2, 0.25) is 0 Å². The number of rotatable bonds is 10. The zero-order valence-electron chi connectivity index (χ0n) is 12.0. The molecule has 0 aromatic carbocycles. The van der Waals surface area contributed by atoms with Crippen molar-refractivity contribution < 1.29 is 4.74 Å². The van der Waals surface area contributed by atoms with E-state index in [-0.39, 0.29) is 5.56 Å². The normalized spacial score (nSPS) is 10.8. The van der Waals surface area contributed by atoms with E-state index in [1.54, 1.807) is 25.1 Å². The molecule has 0 bridgehead atoms. The van der Waals surface area contributed by atoms with E-state index in [0.717, 1.165) is 22.8 Å². The Kier molecular flexibility index (Phi) is 8.67. The van der Waals surface area contributed by atoms with E-state index in [4.69, 9.17) is 4.74 Å². The first-order valence-electron chi connectivity index (χ1n) is 7.05. The summed E-state index contributed by atoms with van der Waals surface area (Å²) in [4.78, 5) is 15.2. The molecule has 0 fully saturated rings. The maximum atomic E-state index is 11.4. The van der Waals surface area contributed by atoms with Crippen molar-refractivity contribution in [1.82, 2.24) is 4.98 Å². The predicted octanol–water partition coefficient (Wildman–Crippen LogP) is 3.76. The molecule has 1 N–H and O–H groups in total. The molecule has 0 unspecified atom stereocenters. The van der Waals surface area contributed by atoms with Gasteiger partial charge in [-0.3, -0.25) is 4.79 Å². The van der Waals surface area contributed by atoms with Crippen molar-refractivity contribution in [2.45, 2.75) is 50.3 Å². The van der Waals surface area contributed by atoms with Crippen molar-refractivity contribution in [2.75, 3.05) is 19.5 Å². The van der Waals surface area contributed by atoms with Crippen molar-refractivity contribution in [1.29, 1.82) is 0 Å². The van der Waals surface area contributed by atoms with Gasteiger partial charge in [-0.1, -0.05) is 25.7 Å². The molecule has 1 aromatic heterocycles. The summed E-state index contributed by atoms with van der Waals surface area (Å²) < 4.78 is 5.03.